The van der Waals surface area contributed by atoms with Gasteiger partial charge in [0.05, 0.1) is 11.1 Å². The van der Waals surface area contributed by atoms with Crippen LogP contribution in [0.3, 0.4) is 0 Å². The number of rotatable bonds is 4. The van der Waals surface area contributed by atoms with Gasteiger partial charge in [-0.25, -0.2) is 0 Å². The zero-order chi connectivity index (χ0) is 23.2. The van der Waals surface area contributed by atoms with Crippen molar-refractivity contribution in [1.29, 1.82) is 5.41 Å². The number of nitrogens with zero attached hydrogens (tertiary/aromatic N) is 4. The third kappa shape index (κ3) is 3.90. The molecule has 2 aliphatic rings. The van der Waals surface area contributed by atoms with Gasteiger partial charge in [0.15, 0.2) is 5.84 Å². The highest BCUT2D eigenvalue weighted by atomic mass is 32.2. The van der Waals surface area contributed by atoms with Gasteiger partial charge in [0, 0.05) is 17.1 Å². The second-order valence-corrected chi connectivity index (χ2v) is 8.51. The summed E-state index contributed by atoms with van der Waals surface area (Å²) in [6.45, 7) is 5.55. The molecule has 3 heterocycles. The van der Waals surface area contributed by atoms with Crippen LogP contribution in [0.2, 0.25) is 0 Å². The normalized spacial score (nSPS) is 17.7. The van der Waals surface area contributed by atoms with E-state index in [2.05, 4.69) is 10.1 Å². The molecule has 6 nitrogen and oxygen atoms in total. The third-order valence-electron chi connectivity index (χ3n) is 5.16. The Morgan fingerprint density at radius 2 is 1.97 bits per heavy atom. The van der Waals surface area contributed by atoms with Gasteiger partial charge in [0.2, 0.25) is 5.17 Å². The predicted molar refractivity (Wildman–Crippen MR) is 120 cm³/mol. The zero-order valence-electron chi connectivity index (χ0n) is 17.6. The van der Waals surface area contributed by atoms with Crippen LogP contribution in [0.25, 0.3) is 11.8 Å². The number of alkyl halides is 3. The SMILES string of the molecule is CCCC1=NN2C(=N)/C(=C/c3cc(C)n(-c4cccc(C(F)(F)F)c4)c3C)C(=O)N=C2S1. The van der Waals surface area contributed by atoms with Crippen molar-refractivity contribution in [3.05, 3.63) is 58.4 Å². The minimum Gasteiger partial charge on any atom is -0.318 e. The van der Waals surface area contributed by atoms with E-state index in [4.69, 9.17) is 5.41 Å². The van der Waals surface area contributed by atoms with Crippen LogP contribution in [0, 0.1) is 19.3 Å². The molecule has 0 bridgehead atoms. The molecule has 32 heavy (non-hydrogen) atoms. The average molecular weight is 459 g/mol. The van der Waals surface area contributed by atoms with E-state index < -0.39 is 17.6 Å². The monoisotopic (exact) mass is 459 g/mol. The molecule has 1 amide bonds. The number of hydrogen-bond donors (Lipinski definition) is 1. The number of nitrogens with one attached hydrogen (secondary N) is 1. The smallest absolute Gasteiger partial charge is 0.318 e. The van der Waals surface area contributed by atoms with Crippen molar-refractivity contribution in [3.8, 4) is 5.69 Å². The van der Waals surface area contributed by atoms with Crippen LogP contribution in [0.1, 0.15) is 42.3 Å². The number of carbonyl (C=O) groups is 1. The summed E-state index contributed by atoms with van der Waals surface area (Å²) < 4.78 is 41.2. The number of amidine groups is 2. The summed E-state index contributed by atoms with van der Waals surface area (Å²) in [5.74, 6) is -0.604. The van der Waals surface area contributed by atoms with Crippen LogP contribution in [0.5, 0.6) is 0 Å². The Morgan fingerprint density at radius 3 is 2.66 bits per heavy atom. The van der Waals surface area contributed by atoms with Gasteiger partial charge >= 0.3 is 6.18 Å². The summed E-state index contributed by atoms with van der Waals surface area (Å²) in [6, 6.07) is 6.85. The molecule has 1 aromatic heterocycles. The molecular weight excluding hydrogens is 439 g/mol. The van der Waals surface area contributed by atoms with E-state index in [-0.39, 0.29) is 11.4 Å². The summed E-state index contributed by atoms with van der Waals surface area (Å²) in [6.07, 6.45) is -1.27. The molecule has 2 aliphatic heterocycles. The minimum atomic E-state index is -4.44. The molecule has 0 unspecified atom stereocenters. The average Bonchev–Trinajstić information content (AvgIpc) is 3.25. The van der Waals surface area contributed by atoms with Gasteiger partial charge in [-0.1, -0.05) is 13.0 Å². The highest BCUT2D eigenvalue weighted by Crippen LogP contribution is 2.33. The lowest BCUT2D eigenvalue weighted by molar-refractivity contribution is -0.137. The zero-order valence-corrected chi connectivity index (χ0v) is 18.4. The molecule has 0 saturated heterocycles. The Kier molecular flexibility index (Phi) is 5.58. The molecule has 0 fully saturated rings. The van der Waals surface area contributed by atoms with Crippen molar-refractivity contribution in [2.75, 3.05) is 0 Å². The van der Waals surface area contributed by atoms with Crippen LogP contribution in [-0.2, 0) is 11.0 Å². The Labute approximate surface area is 187 Å². The van der Waals surface area contributed by atoms with Crippen molar-refractivity contribution in [1.82, 2.24) is 9.58 Å². The first-order valence-corrected chi connectivity index (χ1v) is 10.8. The number of halogens is 3. The predicted octanol–water partition coefficient (Wildman–Crippen LogP) is 5.53. The number of benzene rings is 1. The fourth-order valence-electron chi connectivity index (χ4n) is 3.65. The molecule has 0 saturated carbocycles. The number of carbonyl (C=O) groups excluding carboxylic acids is 1. The molecule has 0 aliphatic carbocycles. The largest absolute Gasteiger partial charge is 0.416 e. The van der Waals surface area contributed by atoms with Crippen LogP contribution < -0.4 is 0 Å². The van der Waals surface area contributed by atoms with E-state index >= 15 is 0 Å². The number of aliphatic imine (C=N–C) groups is 1. The Hall–Kier alpha value is -3.14. The number of aryl methyl sites for hydroxylation is 1. The van der Waals surface area contributed by atoms with E-state index in [1.807, 2.05) is 6.92 Å². The number of hydrazone groups is 1. The lowest BCUT2D eigenvalue weighted by Gasteiger charge is -2.20. The highest BCUT2D eigenvalue weighted by molar-refractivity contribution is 8.26. The topological polar surface area (TPSA) is 73.8 Å². The number of amides is 1. The van der Waals surface area contributed by atoms with Gasteiger partial charge in [-0.2, -0.15) is 28.3 Å². The molecule has 0 atom stereocenters. The quantitative estimate of drug-likeness (QED) is 0.611. The second-order valence-electron chi connectivity index (χ2n) is 7.47. The summed E-state index contributed by atoms with van der Waals surface area (Å²) >= 11 is 1.29. The van der Waals surface area contributed by atoms with Gasteiger partial charge in [-0.3, -0.25) is 10.2 Å². The Balaban J connectivity index is 1.73. The van der Waals surface area contributed by atoms with Gasteiger partial charge in [-0.05, 0) is 74.4 Å². The van der Waals surface area contributed by atoms with Crippen molar-refractivity contribution >= 4 is 39.8 Å². The molecule has 10 heteroatoms. The lowest BCUT2D eigenvalue weighted by atomic mass is 10.1. The van der Waals surface area contributed by atoms with Crippen LogP contribution in [-0.4, -0.2) is 31.5 Å². The first-order chi connectivity index (χ1) is 15.1. The van der Waals surface area contributed by atoms with Gasteiger partial charge in [-0.15, -0.1) is 0 Å². The third-order valence-corrected chi connectivity index (χ3v) is 6.13. The van der Waals surface area contributed by atoms with Crippen LogP contribution >= 0.6 is 11.8 Å². The summed E-state index contributed by atoms with van der Waals surface area (Å²) in [5.41, 5.74) is 1.69. The van der Waals surface area contributed by atoms with Crippen molar-refractivity contribution in [2.45, 2.75) is 39.8 Å². The van der Waals surface area contributed by atoms with Gasteiger partial charge in [0.25, 0.3) is 5.91 Å². The van der Waals surface area contributed by atoms with E-state index in [1.165, 1.54) is 22.8 Å². The maximum atomic E-state index is 13.2. The molecule has 1 aromatic carbocycles. The van der Waals surface area contributed by atoms with Crippen molar-refractivity contribution in [2.24, 2.45) is 10.1 Å². The molecule has 0 radical (unpaired) electrons. The number of fused-ring (bicyclic) bond motifs is 1. The van der Waals surface area contributed by atoms with Crippen LogP contribution in [0.4, 0.5) is 13.2 Å². The number of hydrogen-bond acceptors (Lipinski definition) is 4. The second kappa shape index (κ2) is 8.09. The van der Waals surface area contributed by atoms with Crippen LogP contribution in [0.15, 0.2) is 46.0 Å². The lowest BCUT2D eigenvalue weighted by Crippen LogP contribution is -2.35. The highest BCUT2D eigenvalue weighted by Gasteiger charge is 2.35. The van der Waals surface area contributed by atoms with Crippen molar-refractivity contribution in [3.63, 3.8) is 0 Å². The summed E-state index contributed by atoms with van der Waals surface area (Å²) in [4.78, 5) is 16.7. The fraction of sp³-hybridized carbons (Fsp3) is 0.273. The van der Waals surface area contributed by atoms with E-state index in [9.17, 15) is 18.0 Å². The number of thioether (sulfide) groups is 1. The van der Waals surface area contributed by atoms with Gasteiger partial charge in [0.1, 0.15) is 5.04 Å². The first kappa shape index (κ1) is 22.1. The molecule has 2 aromatic rings. The van der Waals surface area contributed by atoms with E-state index in [0.29, 0.717) is 27.8 Å². The molecule has 1 N–H and O–H groups in total. The molecule has 4 rings (SSSR count). The van der Waals surface area contributed by atoms with Crippen molar-refractivity contribution < 1.29 is 18.0 Å². The summed E-state index contributed by atoms with van der Waals surface area (Å²) in [7, 11) is 0. The molecular formula is C22H20F3N5OS. The Morgan fingerprint density at radius 1 is 1.22 bits per heavy atom. The standard InChI is InChI=1S/C22H20F3N5OS/c1-4-6-18-28-30-19(26)17(20(31)27-21(30)32-18)10-14-9-12(2)29(13(14)3)16-8-5-7-15(11-16)22(23,24)25/h5,7-11,26H,4,6H2,1-3H3/b17-10-,26-19?. The molecule has 166 valence electrons. The van der Waals surface area contributed by atoms with E-state index in [1.54, 1.807) is 36.6 Å². The van der Waals surface area contributed by atoms with Gasteiger partial charge < -0.3 is 4.57 Å². The Bertz CT molecular complexity index is 1220. The fourth-order valence-corrected chi connectivity index (χ4v) is 4.64. The first-order valence-electron chi connectivity index (χ1n) is 9.95. The minimum absolute atomic E-state index is 0.0672. The van der Waals surface area contributed by atoms with E-state index in [0.717, 1.165) is 30.0 Å². The summed E-state index contributed by atoms with van der Waals surface area (Å²) in [5, 5.41) is 15.4. The maximum Gasteiger partial charge on any atom is 0.416 e. The molecule has 0 spiro atoms. The number of aromatic nitrogens is 1. The maximum absolute atomic E-state index is 13.2.